The van der Waals surface area contributed by atoms with E-state index in [1.165, 1.54) is 65.8 Å². The van der Waals surface area contributed by atoms with Gasteiger partial charge >= 0.3 is 0 Å². The molecule has 0 saturated carbocycles. The van der Waals surface area contributed by atoms with Gasteiger partial charge in [-0.05, 0) is 94.0 Å². The zero-order chi connectivity index (χ0) is 46.7. The van der Waals surface area contributed by atoms with Crippen LogP contribution in [-0.4, -0.2) is 24.1 Å². The van der Waals surface area contributed by atoms with Crippen LogP contribution in [0.4, 0.5) is 0 Å². The van der Waals surface area contributed by atoms with Gasteiger partial charge in [0.15, 0.2) is 0 Å². The van der Waals surface area contributed by atoms with Crippen LogP contribution in [0, 0.1) is 0 Å². The fraction of sp³-hybridized carbons (Fsp3) is 0.0462. The number of nitrogens with one attached hydrogen (secondary N) is 1. The Morgan fingerprint density at radius 1 is 0.451 bits per heavy atom. The molecule has 0 fully saturated rings. The van der Waals surface area contributed by atoms with E-state index in [1.807, 2.05) is 0 Å². The highest BCUT2D eigenvalue weighted by Gasteiger charge is 2.39. The highest BCUT2D eigenvalue weighted by Crippen LogP contribution is 2.53. The SMILES string of the molecule is CC1(C)c2ccccc2-c2ccc3c4ccc(-n5c6ccccc6c6ccccc65)cc4n(-c4nc(-c5cccc6c5oc5ccc(-c7cccc8[nH]c9ccccc9c78)cc56)c5ccccc5n4)c3c21. The Balaban J connectivity index is 0.967. The fourth-order valence-electron chi connectivity index (χ4n) is 12.6. The normalized spacial score (nSPS) is 13.3. The molecule has 332 valence electrons. The summed E-state index contributed by atoms with van der Waals surface area (Å²) in [5.41, 5.74) is 19.2. The van der Waals surface area contributed by atoms with Crippen molar-refractivity contribution < 1.29 is 4.42 Å². The number of rotatable bonds is 4. The molecule has 0 spiro atoms. The number of furan rings is 1. The van der Waals surface area contributed by atoms with Crippen molar-refractivity contribution in [1.29, 1.82) is 0 Å². The lowest BCUT2D eigenvalue weighted by Crippen LogP contribution is -2.17. The molecular weight excluding hydrogens is 867 g/mol. The van der Waals surface area contributed by atoms with Crippen LogP contribution >= 0.6 is 0 Å². The molecule has 0 unspecified atom stereocenters. The third-order valence-electron chi connectivity index (χ3n) is 15.7. The summed E-state index contributed by atoms with van der Waals surface area (Å²) in [5, 5.41) is 10.3. The smallest absolute Gasteiger partial charge is 0.235 e. The zero-order valence-electron chi connectivity index (χ0n) is 38.8. The summed E-state index contributed by atoms with van der Waals surface area (Å²) in [6.07, 6.45) is 0. The molecule has 71 heavy (non-hydrogen) atoms. The van der Waals surface area contributed by atoms with E-state index in [2.05, 4.69) is 234 Å². The molecular formula is C65H41N5O. The number of hydrogen-bond donors (Lipinski definition) is 1. The van der Waals surface area contributed by atoms with Crippen LogP contribution in [0.3, 0.4) is 0 Å². The van der Waals surface area contributed by atoms with Crippen molar-refractivity contribution in [3.05, 3.63) is 217 Å². The standard InChI is InChI=1S/C65H41N5O/c1-65(2)51-23-8-3-15-40(51)44-32-33-45-43-31-30-38(69-55-27-11-6-16-41(55)42-17-7-12-28-56(42)69)36-57(43)70(62(45)60(44)65)64-67-53-25-10-5-19-48(53)61(68-64)49-22-13-21-46-50-35-37(29-34-58(50)71-63(46)49)39-20-14-26-54-59(39)47-18-4-9-24-52(47)66-54/h3-36,66H,1-2H3. The molecule has 0 amide bonds. The highest BCUT2D eigenvalue weighted by molar-refractivity contribution is 6.18. The van der Waals surface area contributed by atoms with Gasteiger partial charge in [-0.3, -0.25) is 4.57 Å². The lowest BCUT2D eigenvalue weighted by atomic mass is 9.81. The van der Waals surface area contributed by atoms with E-state index < -0.39 is 0 Å². The number of nitrogens with zero attached hydrogens (tertiary/aromatic N) is 4. The Kier molecular flexibility index (Phi) is 7.59. The number of hydrogen-bond acceptors (Lipinski definition) is 3. The Bertz CT molecular complexity index is 4750. The van der Waals surface area contributed by atoms with Crippen LogP contribution in [0.15, 0.2) is 211 Å². The minimum atomic E-state index is -0.300. The van der Waals surface area contributed by atoms with Gasteiger partial charge in [0.2, 0.25) is 5.95 Å². The summed E-state index contributed by atoms with van der Waals surface area (Å²) >= 11 is 0. The molecule has 0 aliphatic heterocycles. The van der Waals surface area contributed by atoms with Crippen molar-refractivity contribution in [3.63, 3.8) is 0 Å². The number of H-pyrrole nitrogens is 1. The van der Waals surface area contributed by atoms with E-state index in [4.69, 9.17) is 14.4 Å². The quantitative estimate of drug-likeness (QED) is 0.191. The maximum Gasteiger partial charge on any atom is 0.235 e. The highest BCUT2D eigenvalue weighted by atomic mass is 16.3. The number of para-hydroxylation sites is 5. The fourth-order valence-corrected chi connectivity index (χ4v) is 12.6. The van der Waals surface area contributed by atoms with Crippen molar-refractivity contribution in [2.75, 3.05) is 0 Å². The van der Waals surface area contributed by atoms with Crippen molar-refractivity contribution in [1.82, 2.24) is 24.1 Å². The average molecular weight is 908 g/mol. The number of benzene rings is 10. The van der Waals surface area contributed by atoms with Gasteiger partial charge < -0.3 is 14.0 Å². The first-order chi connectivity index (χ1) is 35.0. The molecule has 16 rings (SSSR count). The van der Waals surface area contributed by atoms with Crippen LogP contribution < -0.4 is 0 Å². The summed E-state index contributed by atoms with van der Waals surface area (Å²) in [4.78, 5) is 14.9. The predicted octanol–water partition coefficient (Wildman–Crippen LogP) is 17.0. The molecule has 6 heteroatoms. The summed E-state index contributed by atoms with van der Waals surface area (Å²) in [6, 6.07) is 74.4. The molecule has 0 radical (unpaired) electrons. The molecule has 1 aliphatic rings. The Morgan fingerprint density at radius 3 is 1.97 bits per heavy atom. The maximum absolute atomic E-state index is 6.97. The first kappa shape index (κ1) is 38.7. The molecule has 1 aliphatic carbocycles. The van der Waals surface area contributed by atoms with Gasteiger partial charge in [0.1, 0.15) is 11.2 Å². The number of aromatic nitrogens is 5. The van der Waals surface area contributed by atoms with E-state index in [1.54, 1.807) is 0 Å². The molecule has 0 bridgehead atoms. The first-order valence-corrected chi connectivity index (χ1v) is 24.4. The van der Waals surface area contributed by atoms with Crippen molar-refractivity contribution in [2.45, 2.75) is 19.3 Å². The third kappa shape index (κ3) is 5.20. The van der Waals surface area contributed by atoms with Crippen LogP contribution in [0.1, 0.15) is 25.0 Å². The van der Waals surface area contributed by atoms with Crippen molar-refractivity contribution in [2.24, 2.45) is 0 Å². The number of fused-ring (bicyclic) bond motifs is 17. The summed E-state index contributed by atoms with van der Waals surface area (Å²) in [7, 11) is 0. The van der Waals surface area contributed by atoms with Crippen LogP contribution in [0.25, 0.3) is 143 Å². The van der Waals surface area contributed by atoms with E-state index in [0.29, 0.717) is 5.95 Å². The first-order valence-electron chi connectivity index (χ1n) is 24.4. The van der Waals surface area contributed by atoms with Crippen LogP contribution in [-0.2, 0) is 5.41 Å². The van der Waals surface area contributed by atoms with Gasteiger partial charge in [0, 0.05) is 76.2 Å². The topological polar surface area (TPSA) is 64.6 Å². The Morgan fingerprint density at radius 2 is 1.11 bits per heavy atom. The minimum absolute atomic E-state index is 0.300. The molecule has 10 aromatic carbocycles. The zero-order valence-corrected chi connectivity index (χ0v) is 38.8. The van der Waals surface area contributed by atoms with Gasteiger partial charge in [0.05, 0.1) is 33.3 Å². The van der Waals surface area contributed by atoms with E-state index in [-0.39, 0.29) is 5.41 Å². The predicted molar refractivity (Wildman–Crippen MR) is 293 cm³/mol. The molecule has 5 aromatic heterocycles. The lowest BCUT2D eigenvalue weighted by Gasteiger charge is -2.23. The van der Waals surface area contributed by atoms with Crippen LogP contribution in [0.5, 0.6) is 0 Å². The van der Waals surface area contributed by atoms with Gasteiger partial charge in [-0.25, -0.2) is 9.97 Å². The monoisotopic (exact) mass is 907 g/mol. The maximum atomic E-state index is 6.97. The summed E-state index contributed by atoms with van der Waals surface area (Å²) in [6.45, 7) is 4.73. The lowest BCUT2D eigenvalue weighted by molar-refractivity contribution is 0.663. The molecule has 0 atom stereocenters. The van der Waals surface area contributed by atoms with Crippen molar-refractivity contribution in [3.8, 4) is 45.1 Å². The average Bonchev–Trinajstić information content (AvgIpc) is 4.21. The van der Waals surface area contributed by atoms with Crippen molar-refractivity contribution >= 4 is 98.3 Å². The molecule has 15 aromatic rings. The van der Waals surface area contributed by atoms with Gasteiger partial charge in [-0.15, -0.1) is 0 Å². The molecule has 1 N–H and O–H groups in total. The second kappa shape index (κ2) is 13.9. The van der Waals surface area contributed by atoms with Gasteiger partial charge in [-0.1, -0.05) is 159 Å². The molecule has 0 saturated heterocycles. The van der Waals surface area contributed by atoms with Gasteiger partial charge in [0.25, 0.3) is 0 Å². The largest absolute Gasteiger partial charge is 0.455 e. The van der Waals surface area contributed by atoms with Gasteiger partial charge in [-0.2, -0.15) is 0 Å². The second-order valence-corrected chi connectivity index (χ2v) is 19.7. The third-order valence-corrected chi connectivity index (χ3v) is 15.7. The van der Waals surface area contributed by atoms with E-state index in [0.717, 1.165) is 82.8 Å². The Labute approximate surface area is 406 Å². The number of aromatic amines is 1. The second-order valence-electron chi connectivity index (χ2n) is 19.7. The van der Waals surface area contributed by atoms with E-state index in [9.17, 15) is 0 Å². The van der Waals surface area contributed by atoms with E-state index >= 15 is 0 Å². The van der Waals surface area contributed by atoms with Crippen LogP contribution in [0.2, 0.25) is 0 Å². The Hall–Kier alpha value is -9.26. The molecule has 6 nitrogen and oxygen atoms in total. The minimum Gasteiger partial charge on any atom is -0.455 e. The summed E-state index contributed by atoms with van der Waals surface area (Å²) in [5.74, 6) is 0.612. The summed E-state index contributed by atoms with van der Waals surface area (Å²) < 4.78 is 11.7. The molecule has 5 heterocycles.